The summed E-state index contributed by atoms with van der Waals surface area (Å²) in [6.07, 6.45) is 5.81. The van der Waals surface area contributed by atoms with Crippen LogP contribution in [0.4, 0.5) is 0 Å². The van der Waals surface area contributed by atoms with Gasteiger partial charge in [-0.1, -0.05) is 6.42 Å². The van der Waals surface area contributed by atoms with Crippen LogP contribution in [-0.2, 0) is 11.2 Å². The maximum atomic E-state index is 11.4. The van der Waals surface area contributed by atoms with E-state index in [1.807, 2.05) is 28.9 Å². The third-order valence-corrected chi connectivity index (χ3v) is 6.83. The highest BCUT2D eigenvalue weighted by atomic mass is 32.2. The van der Waals surface area contributed by atoms with Crippen LogP contribution < -0.4 is 5.48 Å². The number of rotatable bonds is 8. The zero-order valence-electron chi connectivity index (χ0n) is 12.8. The molecule has 22 heavy (non-hydrogen) atoms. The Kier molecular flexibility index (Phi) is 6.95. The first-order valence-corrected chi connectivity index (χ1v) is 10.2. The minimum absolute atomic E-state index is 0.155. The van der Waals surface area contributed by atoms with Gasteiger partial charge in [0, 0.05) is 19.5 Å². The number of thioether (sulfide) groups is 1. The van der Waals surface area contributed by atoms with Crippen LogP contribution in [-0.4, -0.2) is 22.6 Å². The Labute approximate surface area is 143 Å². The summed E-state index contributed by atoms with van der Waals surface area (Å²) in [4.78, 5) is 16.8. The molecule has 2 heterocycles. The summed E-state index contributed by atoms with van der Waals surface area (Å²) in [7, 11) is 0. The molecule has 0 spiro atoms. The van der Waals surface area contributed by atoms with E-state index in [0.29, 0.717) is 0 Å². The average molecular weight is 356 g/mol. The average Bonchev–Trinajstić information content (AvgIpc) is 3.15. The van der Waals surface area contributed by atoms with Gasteiger partial charge in [0.25, 0.3) is 5.91 Å². The van der Waals surface area contributed by atoms with Crippen molar-refractivity contribution in [1.82, 2.24) is 5.48 Å². The molecule has 2 rings (SSSR count). The highest BCUT2D eigenvalue weighted by molar-refractivity contribution is 7.99. The van der Waals surface area contributed by atoms with Crippen LogP contribution >= 0.6 is 34.4 Å². The number of carbonyl (C=O) groups excluding carboxylic acids is 1. The zero-order valence-corrected chi connectivity index (χ0v) is 15.2. The Morgan fingerprint density at radius 1 is 1.23 bits per heavy atom. The number of carbonyl (C=O) groups is 1. The van der Waals surface area contributed by atoms with Crippen molar-refractivity contribution in [2.75, 3.05) is 6.26 Å². The molecule has 2 N–H and O–H groups in total. The van der Waals surface area contributed by atoms with Crippen LogP contribution in [0.25, 0.3) is 9.75 Å². The summed E-state index contributed by atoms with van der Waals surface area (Å²) in [5.41, 5.74) is 1.74. The third kappa shape index (κ3) is 4.84. The van der Waals surface area contributed by atoms with Crippen LogP contribution in [0, 0.1) is 6.92 Å². The summed E-state index contributed by atoms with van der Waals surface area (Å²) in [6, 6.07) is 8.76. The third-order valence-electron chi connectivity index (χ3n) is 3.47. The molecule has 6 heteroatoms. The van der Waals surface area contributed by atoms with Crippen molar-refractivity contribution in [1.29, 1.82) is 0 Å². The maximum Gasteiger partial charge on any atom is 0.256 e. The molecule has 2 aromatic heterocycles. The largest absolute Gasteiger partial charge is 0.289 e. The van der Waals surface area contributed by atoms with Gasteiger partial charge in [-0.15, -0.1) is 22.7 Å². The highest BCUT2D eigenvalue weighted by Crippen LogP contribution is 2.33. The zero-order chi connectivity index (χ0) is 15.9. The van der Waals surface area contributed by atoms with Gasteiger partial charge in [-0.25, -0.2) is 5.48 Å². The number of unbranched alkanes of at least 4 members (excludes halogenated alkanes) is 1. The molecular weight excluding hydrogens is 334 g/mol. The summed E-state index contributed by atoms with van der Waals surface area (Å²) in [5, 5.41) is 8.52. The lowest BCUT2D eigenvalue weighted by Crippen LogP contribution is -2.29. The van der Waals surface area contributed by atoms with E-state index in [2.05, 4.69) is 31.2 Å². The number of aryl methyl sites for hydroxylation is 2. The van der Waals surface area contributed by atoms with Crippen molar-refractivity contribution in [2.24, 2.45) is 0 Å². The molecule has 0 aliphatic heterocycles. The van der Waals surface area contributed by atoms with Crippen molar-refractivity contribution in [3.05, 3.63) is 34.0 Å². The van der Waals surface area contributed by atoms with Crippen molar-refractivity contribution < 1.29 is 10.0 Å². The molecule has 120 valence electrons. The number of hydroxylamine groups is 1. The Morgan fingerprint density at radius 2 is 1.95 bits per heavy atom. The fraction of sp³-hybridized carbons (Fsp3) is 0.438. The molecular formula is C16H21NO2S3. The van der Waals surface area contributed by atoms with Gasteiger partial charge in [-0.2, -0.15) is 11.8 Å². The maximum absolute atomic E-state index is 11.4. The standard InChI is InChI=1S/C16H21NO2S3/c1-11-7-9-13(21-11)14-10-8-12(22-14)5-3-4-6-15(20-2)16(18)17-19/h7-10,15,19H,3-6H2,1-2H3,(H,17,18). The summed E-state index contributed by atoms with van der Waals surface area (Å²) in [5.74, 6) is -0.293. The van der Waals surface area contributed by atoms with Crippen LogP contribution in [0.5, 0.6) is 0 Å². The van der Waals surface area contributed by atoms with E-state index < -0.39 is 0 Å². The molecule has 0 saturated heterocycles. The van der Waals surface area contributed by atoms with Gasteiger partial charge >= 0.3 is 0 Å². The second-order valence-electron chi connectivity index (χ2n) is 5.12. The fourth-order valence-electron chi connectivity index (χ4n) is 2.27. The van der Waals surface area contributed by atoms with E-state index in [1.165, 1.54) is 31.3 Å². The predicted octanol–water partition coefficient (Wildman–Crippen LogP) is 4.73. The van der Waals surface area contributed by atoms with Gasteiger partial charge in [-0.3, -0.25) is 10.0 Å². The molecule has 0 bridgehead atoms. The quantitative estimate of drug-likeness (QED) is 0.409. The highest BCUT2D eigenvalue weighted by Gasteiger charge is 2.15. The summed E-state index contributed by atoms with van der Waals surface area (Å²) >= 11 is 5.18. The van der Waals surface area contributed by atoms with Gasteiger partial charge in [0.15, 0.2) is 0 Å². The van der Waals surface area contributed by atoms with Gasteiger partial charge in [-0.05, 0) is 56.7 Å². The predicted molar refractivity (Wildman–Crippen MR) is 97.2 cm³/mol. The number of nitrogens with one attached hydrogen (secondary N) is 1. The smallest absolute Gasteiger partial charge is 0.256 e. The van der Waals surface area contributed by atoms with Gasteiger partial charge in [0.05, 0.1) is 5.25 Å². The molecule has 0 fully saturated rings. The first-order chi connectivity index (χ1) is 10.6. The Morgan fingerprint density at radius 3 is 2.59 bits per heavy atom. The van der Waals surface area contributed by atoms with E-state index >= 15 is 0 Å². The van der Waals surface area contributed by atoms with Crippen LogP contribution in [0.2, 0.25) is 0 Å². The van der Waals surface area contributed by atoms with E-state index in [9.17, 15) is 4.79 Å². The van der Waals surface area contributed by atoms with Crippen molar-refractivity contribution >= 4 is 40.3 Å². The van der Waals surface area contributed by atoms with E-state index in [1.54, 1.807) is 5.48 Å². The normalized spacial score (nSPS) is 12.3. The molecule has 0 saturated carbocycles. The van der Waals surface area contributed by atoms with Crippen LogP contribution in [0.3, 0.4) is 0 Å². The Balaban J connectivity index is 1.78. The molecule has 2 aromatic rings. The number of thiophene rings is 2. The second kappa shape index (κ2) is 8.72. The number of hydrogen-bond donors (Lipinski definition) is 2. The van der Waals surface area contributed by atoms with Crippen molar-refractivity contribution in [3.8, 4) is 9.75 Å². The molecule has 0 aliphatic rings. The lowest BCUT2D eigenvalue weighted by molar-refractivity contribution is -0.128. The first-order valence-electron chi connectivity index (χ1n) is 7.26. The first kappa shape index (κ1) is 17.5. The van der Waals surface area contributed by atoms with Gasteiger partial charge in [0.1, 0.15) is 0 Å². The molecule has 1 unspecified atom stereocenters. The lowest BCUT2D eigenvalue weighted by atomic mass is 10.1. The van der Waals surface area contributed by atoms with Crippen LogP contribution in [0.1, 0.15) is 29.0 Å². The Hall–Kier alpha value is -0.820. The molecule has 0 radical (unpaired) electrons. The summed E-state index contributed by atoms with van der Waals surface area (Å²) < 4.78 is 0. The minimum Gasteiger partial charge on any atom is -0.289 e. The molecule has 1 atom stereocenters. The summed E-state index contributed by atoms with van der Waals surface area (Å²) in [6.45, 7) is 2.13. The number of hydrogen-bond acceptors (Lipinski definition) is 5. The second-order valence-corrected chi connectivity index (χ2v) is 8.62. The molecule has 3 nitrogen and oxygen atoms in total. The van der Waals surface area contributed by atoms with Gasteiger partial charge < -0.3 is 0 Å². The molecule has 1 amide bonds. The van der Waals surface area contributed by atoms with E-state index in [0.717, 1.165) is 25.7 Å². The monoisotopic (exact) mass is 355 g/mol. The minimum atomic E-state index is -0.293. The van der Waals surface area contributed by atoms with Crippen molar-refractivity contribution in [2.45, 2.75) is 37.9 Å². The Bertz CT molecular complexity index is 606. The lowest BCUT2D eigenvalue weighted by Gasteiger charge is -2.11. The van der Waals surface area contributed by atoms with Crippen LogP contribution in [0.15, 0.2) is 24.3 Å². The topological polar surface area (TPSA) is 49.3 Å². The fourth-order valence-corrected chi connectivity index (χ4v) is 4.95. The van der Waals surface area contributed by atoms with E-state index in [-0.39, 0.29) is 11.2 Å². The number of amides is 1. The van der Waals surface area contributed by atoms with Crippen molar-refractivity contribution in [3.63, 3.8) is 0 Å². The molecule has 0 aromatic carbocycles. The SMILES string of the molecule is CSC(CCCCc1ccc(-c2ccc(C)s2)s1)C(=O)NO. The van der Waals surface area contributed by atoms with E-state index in [4.69, 9.17) is 5.21 Å². The van der Waals surface area contributed by atoms with Gasteiger partial charge in [0.2, 0.25) is 0 Å². The molecule has 0 aliphatic carbocycles.